The number of rotatable bonds is 5. The molecule has 1 aliphatic carbocycles. The Labute approximate surface area is 156 Å². The summed E-state index contributed by atoms with van der Waals surface area (Å²) in [6, 6.07) is 8.32. The average Bonchev–Trinajstić information content (AvgIpc) is 3.32. The molecule has 0 aliphatic heterocycles. The number of nitrogen functional groups attached to an aromatic ring is 1. The van der Waals surface area contributed by atoms with Crippen LogP contribution in [0, 0.1) is 13.8 Å². The summed E-state index contributed by atoms with van der Waals surface area (Å²) in [5, 5.41) is 23.2. The van der Waals surface area contributed by atoms with Crippen molar-refractivity contribution in [3.63, 3.8) is 0 Å². The molecule has 0 saturated heterocycles. The van der Waals surface area contributed by atoms with Crippen molar-refractivity contribution in [3.05, 3.63) is 46.0 Å². The van der Waals surface area contributed by atoms with E-state index in [0.29, 0.717) is 16.5 Å². The highest BCUT2D eigenvalue weighted by Gasteiger charge is 2.40. The summed E-state index contributed by atoms with van der Waals surface area (Å²) < 4.78 is 5.20. The van der Waals surface area contributed by atoms with Gasteiger partial charge in [-0.1, -0.05) is 12.1 Å². The van der Waals surface area contributed by atoms with E-state index in [1.165, 1.54) is 16.9 Å². The molecule has 1 fully saturated rings. The fourth-order valence-corrected chi connectivity index (χ4v) is 4.38. The fraction of sp³-hybridized carbons (Fsp3) is 0.368. The highest BCUT2D eigenvalue weighted by atomic mass is 32.1. The molecule has 7 heteroatoms. The van der Waals surface area contributed by atoms with Gasteiger partial charge in [-0.25, -0.2) is 0 Å². The Morgan fingerprint density at radius 3 is 2.69 bits per heavy atom. The zero-order valence-corrected chi connectivity index (χ0v) is 15.8. The Kier molecular flexibility index (Phi) is 4.30. The minimum absolute atomic E-state index is 0.233. The van der Waals surface area contributed by atoms with E-state index in [1.807, 2.05) is 26.0 Å². The highest BCUT2D eigenvalue weighted by Crippen LogP contribution is 2.44. The molecule has 1 saturated carbocycles. The normalized spacial score (nSPS) is 20.3. The van der Waals surface area contributed by atoms with E-state index in [-0.39, 0.29) is 6.04 Å². The van der Waals surface area contributed by atoms with Crippen LogP contribution < -0.4 is 15.8 Å². The molecule has 26 heavy (non-hydrogen) atoms. The van der Waals surface area contributed by atoms with Gasteiger partial charge in [0.2, 0.25) is 0 Å². The number of nitrogens with one attached hydrogen (secondary N) is 1. The van der Waals surface area contributed by atoms with Crippen LogP contribution >= 0.6 is 11.3 Å². The lowest BCUT2D eigenvalue weighted by Crippen LogP contribution is -2.24. The van der Waals surface area contributed by atoms with Crippen LogP contribution in [-0.4, -0.2) is 28.5 Å². The maximum atomic E-state index is 10.7. The minimum atomic E-state index is -0.804. The number of nitrogens with two attached hydrogens (primary N) is 1. The van der Waals surface area contributed by atoms with Gasteiger partial charge in [-0.15, -0.1) is 16.4 Å². The van der Waals surface area contributed by atoms with Gasteiger partial charge in [-0.3, -0.25) is 5.32 Å². The molecule has 3 atom stereocenters. The van der Waals surface area contributed by atoms with Crippen molar-refractivity contribution in [2.24, 2.45) is 0 Å². The van der Waals surface area contributed by atoms with Crippen LogP contribution in [0.5, 0.6) is 5.75 Å². The van der Waals surface area contributed by atoms with Gasteiger partial charge in [0.05, 0.1) is 23.4 Å². The molecule has 0 amide bonds. The molecule has 1 aliphatic rings. The predicted molar refractivity (Wildman–Crippen MR) is 104 cm³/mol. The summed E-state index contributed by atoms with van der Waals surface area (Å²) in [6.45, 7) is 3.90. The van der Waals surface area contributed by atoms with E-state index in [2.05, 4.69) is 27.6 Å². The maximum Gasteiger partial charge on any atom is 0.148 e. The van der Waals surface area contributed by atoms with Gasteiger partial charge in [0.25, 0.3) is 0 Å². The number of aromatic nitrogens is 2. The maximum absolute atomic E-state index is 10.7. The van der Waals surface area contributed by atoms with E-state index in [0.717, 1.165) is 33.6 Å². The lowest BCUT2D eigenvalue weighted by Gasteiger charge is -2.12. The molecular weight excluding hydrogens is 348 g/mol. The molecular formula is C19H22N4O2S. The number of hydrogen-bond donors (Lipinski definition) is 3. The molecule has 0 spiro atoms. The number of aliphatic hydroxyl groups excluding tert-OH is 1. The van der Waals surface area contributed by atoms with E-state index in [4.69, 9.17) is 10.5 Å². The molecule has 0 bridgehead atoms. The largest absolute Gasteiger partial charge is 0.497 e. The fourth-order valence-electron chi connectivity index (χ4n) is 3.34. The molecule has 0 radical (unpaired) electrons. The minimum Gasteiger partial charge on any atom is -0.497 e. The van der Waals surface area contributed by atoms with Crippen molar-refractivity contribution in [2.75, 3.05) is 12.8 Å². The molecule has 1 aromatic carbocycles. The Balaban J connectivity index is 1.50. The average molecular weight is 370 g/mol. The van der Waals surface area contributed by atoms with Gasteiger partial charge in [0.1, 0.15) is 16.8 Å². The smallest absolute Gasteiger partial charge is 0.148 e. The molecule has 136 valence electrons. The van der Waals surface area contributed by atoms with Crippen LogP contribution in [0.3, 0.4) is 0 Å². The quantitative estimate of drug-likeness (QED) is 0.598. The van der Waals surface area contributed by atoms with Crippen LogP contribution in [0.15, 0.2) is 24.3 Å². The summed E-state index contributed by atoms with van der Waals surface area (Å²) >= 11 is 1.40. The van der Waals surface area contributed by atoms with Crippen LogP contribution in [0.25, 0.3) is 10.2 Å². The number of ether oxygens (including phenoxy) is 1. The Morgan fingerprint density at radius 1 is 1.27 bits per heavy atom. The first kappa shape index (κ1) is 17.2. The van der Waals surface area contributed by atoms with Crippen molar-refractivity contribution in [1.29, 1.82) is 0 Å². The van der Waals surface area contributed by atoms with E-state index in [1.54, 1.807) is 7.11 Å². The summed E-state index contributed by atoms with van der Waals surface area (Å²) in [4.78, 5) is 1.48. The molecule has 2 aromatic heterocycles. The molecule has 4 N–H and O–H groups in total. The summed E-state index contributed by atoms with van der Waals surface area (Å²) in [6.07, 6.45) is 0.189. The van der Waals surface area contributed by atoms with Crippen molar-refractivity contribution in [2.45, 2.75) is 38.5 Å². The number of benzene rings is 1. The second kappa shape index (κ2) is 6.50. The Bertz CT molecular complexity index is 954. The molecule has 6 nitrogen and oxygen atoms in total. The Hall–Kier alpha value is -2.22. The van der Waals surface area contributed by atoms with Crippen LogP contribution in [0.1, 0.15) is 40.3 Å². The molecule has 2 heterocycles. The SMILES string of the molecule is COc1ccc(C2CC2NC(O)c2sc3nnc(C)c(C)c3c2N)cc1. The van der Waals surface area contributed by atoms with Crippen LogP contribution in [0.2, 0.25) is 0 Å². The van der Waals surface area contributed by atoms with E-state index >= 15 is 0 Å². The van der Waals surface area contributed by atoms with Crippen molar-refractivity contribution < 1.29 is 9.84 Å². The Morgan fingerprint density at radius 2 is 2.00 bits per heavy atom. The van der Waals surface area contributed by atoms with Gasteiger partial charge < -0.3 is 15.6 Å². The molecule has 4 rings (SSSR count). The third-order valence-corrected chi connectivity index (χ3v) is 6.26. The number of aliphatic hydroxyl groups is 1. The first-order valence-corrected chi connectivity index (χ1v) is 9.41. The molecule has 3 unspecified atom stereocenters. The molecule has 3 aromatic rings. The van der Waals surface area contributed by atoms with Crippen molar-refractivity contribution in [1.82, 2.24) is 15.5 Å². The summed E-state index contributed by atoms with van der Waals surface area (Å²) in [7, 11) is 1.66. The van der Waals surface area contributed by atoms with Crippen molar-refractivity contribution in [3.8, 4) is 5.75 Å². The first-order valence-electron chi connectivity index (χ1n) is 8.59. The zero-order chi connectivity index (χ0) is 18.4. The number of methoxy groups -OCH3 is 1. The second-order valence-electron chi connectivity index (χ2n) is 6.76. The topological polar surface area (TPSA) is 93.3 Å². The van der Waals surface area contributed by atoms with Crippen LogP contribution in [-0.2, 0) is 0 Å². The van der Waals surface area contributed by atoms with Gasteiger partial charge in [0, 0.05) is 17.3 Å². The highest BCUT2D eigenvalue weighted by molar-refractivity contribution is 7.19. The monoisotopic (exact) mass is 370 g/mol. The van der Waals surface area contributed by atoms with Gasteiger partial charge in [-0.2, -0.15) is 5.10 Å². The summed E-state index contributed by atoms with van der Waals surface area (Å²) in [5.74, 6) is 1.25. The van der Waals surface area contributed by atoms with Gasteiger partial charge >= 0.3 is 0 Å². The zero-order valence-electron chi connectivity index (χ0n) is 15.0. The number of hydrogen-bond acceptors (Lipinski definition) is 7. The second-order valence-corrected chi connectivity index (χ2v) is 7.79. The number of thiophene rings is 1. The third kappa shape index (κ3) is 2.92. The van der Waals surface area contributed by atoms with E-state index < -0.39 is 6.23 Å². The summed E-state index contributed by atoms with van der Waals surface area (Å²) in [5.41, 5.74) is 10.0. The first-order chi connectivity index (χ1) is 12.5. The van der Waals surface area contributed by atoms with Crippen molar-refractivity contribution >= 4 is 27.2 Å². The third-order valence-electron chi connectivity index (χ3n) is 5.12. The number of aryl methyl sites for hydroxylation is 2. The standard InChI is InChI=1S/C19H22N4O2S/c1-9-10(2)22-23-19-15(9)16(20)17(26-19)18(24)21-14-8-13(14)11-4-6-12(25-3)7-5-11/h4-7,13-14,18,21,24H,8,20H2,1-3H3. The number of fused-ring (bicyclic) bond motifs is 1. The lowest BCUT2D eigenvalue weighted by atomic mass is 10.1. The lowest BCUT2D eigenvalue weighted by molar-refractivity contribution is 0.140. The van der Waals surface area contributed by atoms with Crippen LogP contribution in [0.4, 0.5) is 5.69 Å². The number of nitrogens with zero attached hydrogens (tertiary/aromatic N) is 2. The number of anilines is 1. The predicted octanol–water partition coefficient (Wildman–Crippen LogP) is 3.04. The van der Waals surface area contributed by atoms with E-state index in [9.17, 15) is 5.11 Å². The van der Waals surface area contributed by atoms with Gasteiger partial charge in [0.15, 0.2) is 0 Å². The van der Waals surface area contributed by atoms with Gasteiger partial charge in [-0.05, 0) is 43.5 Å².